The largest absolute Gasteiger partial charge is 0.508 e. The molecule has 0 saturated carbocycles. The number of carbonyl (C=O) groups excluding carboxylic acids is 5. The second-order valence-corrected chi connectivity index (χ2v) is 18.0. The summed E-state index contributed by atoms with van der Waals surface area (Å²) < 4.78 is 11.0. The van der Waals surface area contributed by atoms with Gasteiger partial charge in [-0.1, -0.05) is 55.0 Å². The fraction of sp³-hybridized carbons (Fsp3) is 0.309. The van der Waals surface area contributed by atoms with Crippen molar-refractivity contribution in [1.82, 2.24) is 26.3 Å². The number of methoxy groups -OCH3 is 1. The van der Waals surface area contributed by atoms with Crippen LogP contribution in [0.2, 0.25) is 0 Å². The maximum absolute atomic E-state index is 14.7. The Kier molecular flexibility index (Phi) is 18.4. The first-order valence-corrected chi connectivity index (χ1v) is 24.4. The van der Waals surface area contributed by atoms with Gasteiger partial charge in [-0.3, -0.25) is 29.4 Å². The van der Waals surface area contributed by atoms with Crippen LogP contribution in [0.1, 0.15) is 53.6 Å². The molecular formula is C55H64N10O8. The number of phenolic OH excluding ortho intramolecular Hbond substituents is 1. The summed E-state index contributed by atoms with van der Waals surface area (Å²) in [5.41, 5.74) is 17.5. The van der Waals surface area contributed by atoms with Crippen molar-refractivity contribution in [2.45, 2.75) is 57.0 Å². The van der Waals surface area contributed by atoms with Crippen LogP contribution in [0.15, 0.2) is 121 Å². The molecule has 5 aromatic carbocycles. The lowest BCUT2D eigenvalue weighted by Crippen LogP contribution is -2.53. The molecule has 0 aliphatic carbocycles. The monoisotopic (exact) mass is 992 g/mol. The van der Waals surface area contributed by atoms with E-state index in [1.807, 2.05) is 72.8 Å². The molecule has 18 heteroatoms. The van der Waals surface area contributed by atoms with Gasteiger partial charge in [-0.05, 0) is 109 Å². The van der Waals surface area contributed by atoms with Crippen LogP contribution in [0.4, 0.5) is 17.1 Å². The van der Waals surface area contributed by atoms with Crippen molar-refractivity contribution in [3.05, 3.63) is 138 Å². The number of nitrogens with one attached hydrogen (secondary N) is 7. The fourth-order valence-electron chi connectivity index (χ4n) is 8.87. The topological polar surface area (TPSA) is 279 Å². The van der Waals surface area contributed by atoms with Crippen molar-refractivity contribution in [2.75, 3.05) is 62.5 Å². The van der Waals surface area contributed by atoms with Crippen LogP contribution >= 0.6 is 0 Å². The molecule has 1 aliphatic rings. The van der Waals surface area contributed by atoms with Gasteiger partial charge in [0, 0.05) is 83.7 Å². The molecule has 73 heavy (non-hydrogen) atoms. The minimum absolute atomic E-state index is 0.00802. The van der Waals surface area contributed by atoms with Crippen LogP contribution in [0, 0.1) is 11.3 Å². The normalized spacial score (nSPS) is 13.5. The number of nitrogens with two attached hydrogens (primary N) is 2. The first kappa shape index (κ1) is 52.4. The summed E-state index contributed by atoms with van der Waals surface area (Å²) in [5, 5.41) is 32.7. The number of amides is 4. The standard InChI is InChI=1S/C55H64N10O8/c1-72-50-11-3-2-10-44(50)36-14-12-35(13-15-36)29-47(63-54(71)48(64-53(70)38-8-6-9-40(56)30-38)31-39-33-60-46-22-21-43(66)32-45(39)46)49(67)23-16-37(7-4-5-24-59-55(57)58)52(69)61-34-51(68)62-41-17-19-42(20-18-41)65-25-27-73-28-26-65/h2-3,6,8-15,17-22,30,32-33,37,47-48,60,66H,4-5,7,16,23-29,31,34,56H2,1H3,(H,61,69)(H,62,68)(H,63,71)(H,64,70)(H4,57,58,59)/t37-,47+,48+/m1/s1. The maximum atomic E-state index is 14.7. The Morgan fingerprint density at radius 3 is 2.33 bits per heavy atom. The van der Waals surface area contributed by atoms with Gasteiger partial charge in [-0.2, -0.15) is 0 Å². The van der Waals surface area contributed by atoms with E-state index in [1.54, 1.807) is 43.6 Å². The van der Waals surface area contributed by atoms with Crippen molar-refractivity contribution in [3.63, 3.8) is 0 Å². The third-order valence-electron chi connectivity index (χ3n) is 12.8. The van der Waals surface area contributed by atoms with Crippen LogP contribution in [0.25, 0.3) is 22.0 Å². The second-order valence-electron chi connectivity index (χ2n) is 18.0. The number of Topliss-reactive ketones (excluding diaryl/α,β-unsaturated/α-hetero) is 1. The predicted molar refractivity (Wildman–Crippen MR) is 282 cm³/mol. The number of benzene rings is 5. The molecule has 0 unspecified atom stereocenters. The number of anilines is 3. The molecule has 0 spiro atoms. The minimum Gasteiger partial charge on any atom is -0.508 e. The number of hydrogen-bond donors (Lipinski definition) is 10. The number of H-pyrrole nitrogens is 1. The van der Waals surface area contributed by atoms with E-state index in [0.717, 1.165) is 35.5 Å². The third kappa shape index (κ3) is 15.1. The number of aromatic amines is 1. The van der Waals surface area contributed by atoms with Gasteiger partial charge in [0.15, 0.2) is 11.7 Å². The Morgan fingerprint density at radius 2 is 1.59 bits per heavy atom. The van der Waals surface area contributed by atoms with Crippen LogP contribution in [-0.2, 0) is 36.8 Å². The van der Waals surface area contributed by atoms with E-state index in [9.17, 15) is 29.1 Å². The highest BCUT2D eigenvalue weighted by Gasteiger charge is 2.30. The van der Waals surface area contributed by atoms with Crippen molar-refractivity contribution in [1.29, 1.82) is 5.41 Å². The first-order valence-electron chi connectivity index (χ1n) is 24.4. The number of morpholine rings is 1. The molecule has 3 atom stereocenters. The SMILES string of the molecule is COc1ccccc1-c1ccc(C[C@H](NC(=O)[C@H](Cc2c[nH]c3ccc(O)cc23)NC(=O)c2cccc(N)c2)C(=O)CC[C@@H](CCCCNC(=N)N)C(=O)NCC(=O)Nc2ccc(N3CCOCC3)cc2)cc1. The van der Waals surface area contributed by atoms with Crippen LogP contribution in [0.3, 0.4) is 0 Å². The number of guanidine groups is 1. The van der Waals surface area contributed by atoms with Crippen LogP contribution in [0.5, 0.6) is 11.5 Å². The van der Waals surface area contributed by atoms with Gasteiger partial charge in [0.2, 0.25) is 17.7 Å². The lowest BCUT2D eigenvalue weighted by Gasteiger charge is -2.28. The molecule has 6 aromatic rings. The molecule has 12 N–H and O–H groups in total. The number of fused-ring (bicyclic) bond motifs is 1. The smallest absolute Gasteiger partial charge is 0.252 e. The number of nitrogens with zero attached hydrogens (tertiary/aromatic N) is 1. The molecule has 1 aliphatic heterocycles. The summed E-state index contributed by atoms with van der Waals surface area (Å²) in [6.07, 6.45) is 3.26. The Balaban J connectivity index is 1.09. The van der Waals surface area contributed by atoms with E-state index in [0.29, 0.717) is 72.6 Å². The second kappa shape index (κ2) is 25.7. The Hall–Kier alpha value is -8.38. The van der Waals surface area contributed by atoms with Gasteiger partial charge in [-0.25, -0.2) is 0 Å². The number of phenols is 1. The van der Waals surface area contributed by atoms with E-state index in [1.165, 1.54) is 12.1 Å². The first-order chi connectivity index (χ1) is 35.3. The fourth-order valence-corrected chi connectivity index (χ4v) is 8.87. The van der Waals surface area contributed by atoms with Gasteiger partial charge in [0.1, 0.15) is 17.5 Å². The predicted octanol–water partition coefficient (Wildman–Crippen LogP) is 5.41. The number of aromatic nitrogens is 1. The lowest BCUT2D eigenvalue weighted by atomic mass is 9.91. The number of unbranched alkanes of at least 4 members (excludes halogenated alkanes) is 1. The number of rotatable bonds is 24. The molecule has 0 radical (unpaired) electrons. The third-order valence-corrected chi connectivity index (χ3v) is 12.8. The number of ketones is 1. The number of ether oxygens (including phenoxy) is 2. The highest BCUT2D eigenvalue weighted by atomic mass is 16.5. The van der Waals surface area contributed by atoms with Crippen LogP contribution < -0.4 is 47.7 Å². The van der Waals surface area contributed by atoms with E-state index >= 15 is 0 Å². The molecule has 4 amide bonds. The molecule has 2 heterocycles. The molecule has 1 saturated heterocycles. The van der Waals surface area contributed by atoms with Crippen molar-refractivity contribution < 1.29 is 38.6 Å². The Bertz CT molecular complexity index is 2860. The molecule has 1 aromatic heterocycles. The average Bonchev–Trinajstić information content (AvgIpc) is 3.79. The molecule has 382 valence electrons. The minimum atomic E-state index is -1.20. The van der Waals surface area contributed by atoms with E-state index in [4.69, 9.17) is 26.4 Å². The quantitative estimate of drug-likeness (QED) is 0.0158. The molecule has 0 bridgehead atoms. The zero-order valence-electron chi connectivity index (χ0n) is 40.9. The van der Waals surface area contributed by atoms with Gasteiger partial charge in [0.05, 0.1) is 32.9 Å². The van der Waals surface area contributed by atoms with Gasteiger partial charge >= 0.3 is 0 Å². The highest BCUT2D eigenvalue weighted by molar-refractivity contribution is 6.00. The van der Waals surface area contributed by atoms with Gasteiger partial charge in [0.25, 0.3) is 5.91 Å². The van der Waals surface area contributed by atoms with Crippen molar-refractivity contribution in [2.24, 2.45) is 11.7 Å². The van der Waals surface area contributed by atoms with E-state index < -0.39 is 41.6 Å². The Morgan fingerprint density at radius 1 is 0.822 bits per heavy atom. The van der Waals surface area contributed by atoms with E-state index in [2.05, 4.69) is 36.5 Å². The summed E-state index contributed by atoms with van der Waals surface area (Å²) in [7, 11) is 1.60. The number of carbonyl (C=O) groups is 5. The highest BCUT2D eigenvalue weighted by Crippen LogP contribution is 2.30. The number of nitrogen functional groups attached to an aromatic ring is 1. The summed E-state index contributed by atoms with van der Waals surface area (Å²) in [4.78, 5) is 75.4. The molecule has 7 rings (SSSR count). The van der Waals surface area contributed by atoms with Gasteiger partial charge in [-0.15, -0.1) is 0 Å². The van der Waals surface area contributed by atoms with E-state index in [-0.39, 0.29) is 55.3 Å². The zero-order valence-corrected chi connectivity index (χ0v) is 40.9. The summed E-state index contributed by atoms with van der Waals surface area (Å²) in [5.74, 6) is -2.53. The van der Waals surface area contributed by atoms with Gasteiger partial charge < -0.3 is 62.5 Å². The summed E-state index contributed by atoms with van der Waals surface area (Å²) in [6.45, 7) is 2.96. The van der Waals surface area contributed by atoms with Crippen molar-refractivity contribution in [3.8, 4) is 22.6 Å². The molecular weight excluding hydrogens is 929 g/mol. The number of hydrogen-bond acceptors (Lipinski definition) is 11. The average molecular weight is 993 g/mol. The maximum Gasteiger partial charge on any atom is 0.252 e. The number of para-hydroxylation sites is 1. The summed E-state index contributed by atoms with van der Waals surface area (Å²) in [6, 6.07) is 31.5. The van der Waals surface area contributed by atoms with Crippen molar-refractivity contribution >= 4 is 63.3 Å². The zero-order chi connectivity index (χ0) is 51.7. The molecule has 18 nitrogen and oxygen atoms in total. The lowest BCUT2D eigenvalue weighted by molar-refractivity contribution is -0.130. The van der Waals surface area contributed by atoms with Crippen LogP contribution in [-0.4, -0.2) is 104 Å². The Labute approximate surface area is 424 Å². The molecule has 1 fully saturated rings. The summed E-state index contributed by atoms with van der Waals surface area (Å²) >= 11 is 0. The number of aromatic hydroxyl groups is 1.